The quantitative estimate of drug-likeness (QED) is 0.823. The fourth-order valence-corrected chi connectivity index (χ4v) is 2.10. The summed E-state index contributed by atoms with van der Waals surface area (Å²) in [5.41, 5.74) is -0.588. The first-order chi connectivity index (χ1) is 9.98. The molecule has 0 aromatic heterocycles. The van der Waals surface area contributed by atoms with Crippen LogP contribution in [0.4, 0.5) is 5.69 Å². The largest absolute Gasteiger partial charge is 0.457 e. The minimum absolute atomic E-state index is 0.0106. The normalized spacial score (nSPS) is 11.6. The molecule has 1 rings (SSSR count). The first-order valence-electron chi connectivity index (χ1n) is 6.44. The van der Waals surface area contributed by atoms with E-state index in [1.54, 1.807) is 32.9 Å². The van der Waals surface area contributed by atoms with Crippen LogP contribution < -0.4 is 4.72 Å². The summed E-state index contributed by atoms with van der Waals surface area (Å²) < 4.78 is 34.6. The van der Waals surface area contributed by atoms with Gasteiger partial charge in [0.2, 0.25) is 10.0 Å². The third-order valence-corrected chi connectivity index (χ3v) is 2.77. The van der Waals surface area contributed by atoms with Crippen molar-refractivity contribution in [3.63, 3.8) is 0 Å². The van der Waals surface area contributed by atoms with E-state index in [4.69, 9.17) is 9.47 Å². The van der Waals surface area contributed by atoms with Gasteiger partial charge in [-0.15, -0.1) is 0 Å². The second-order valence-corrected chi connectivity index (χ2v) is 7.33. The number of nitrogens with one attached hydrogen (secondary N) is 1. The Kier molecular flexibility index (Phi) is 5.54. The molecule has 0 bridgehead atoms. The molecule has 0 radical (unpaired) electrons. The van der Waals surface area contributed by atoms with Gasteiger partial charge in [0.05, 0.1) is 17.5 Å². The Morgan fingerprint density at radius 3 is 2.32 bits per heavy atom. The van der Waals surface area contributed by atoms with Crippen LogP contribution in [-0.4, -0.2) is 38.8 Å². The number of para-hydroxylation sites is 1. The Bertz CT molecular complexity index is 660. The van der Waals surface area contributed by atoms with Gasteiger partial charge in [-0.25, -0.2) is 18.0 Å². The summed E-state index contributed by atoms with van der Waals surface area (Å²) in [5.74, 6) is -1.51. The highest BCUT2D eigenvalue weighted by Crippen LogP contribution is 2.17. The summed E-state index contributed by atoms with van der Waals surface area (Å²) in [5, 5.41) is 0. The van der Waals surface area contributed by atoms with Gasteiger partial charge in [-0.2, -0.15) is 0 Å². The van der Waals surface area contributed by atoms with E-state index in [0.717, 1.165) is 6.26 Å². The molecule has 1 aromatic carbocycles. The highest BCUT2D eigenvalue weighted by Gasteiger charge is 2.20. The zero-order valence-corrected chi connectivity index (χ0v) is 13.7. The minimum Gasteiger partial charge on any atom is -0.457 e. The van der Waals surface area contributed by atoms with Crippen LogP contribution in [0.5, 0.6) is 0 Å². The fourth-order valence-electron chi connectivity index (χ4n) is 1.52. The van der Waals surface area contributed by atoms with Crippen molar-refractivity contribution in [1.29, 1.82) is 0 Å². The zero-order chi connectivity index (χ0) is 17.0. The molecule has 0 saturated heterocycles. The molecule has 22 heavy (non-hydrogen) atoms. The molecular formula is C14H19NO6S. The molecule has 7 nitrogen and oxygen atoms in total. The van der Waals surface area contributed by atoms with Gasteiger partial charge in [-0.05, 0) is 32.9 Å². The maximum atomic E-state index is 12.0. The van der Waals surface area contributed by atoms with E-state index in [2.05, 4.69) is 4.72 Å². The lowest BCUT2D eigenvalue weighted by atomic mass is 10.2. The van der Waals surface area contributed by atoms with E-state index in [0.29, 0.717) is 0 Å². The standard InChI is InChI=1S/C14H19NO6S/c1-14(2,3)21-12(16)9-20-13(17)10-7-5-6-8-11(10)15-22(4,18)19/h5-8,15H,9H2,1-4H3. The number of carbonyl (C=O) groups excluding carboxylic acids is 2. The number of sulfonamides is 1. The van der Waals surface area contributed by atoms with Crippen LogP contribution in [0.25, 0.3) is 0 Å². The summed E-state index contributed by atoms with van der Waals surface area (Å²) in [6, 6.07) is 5.94. The van der Waals surface area contributed by atoms with E-state index in [1.807, 2.05) is 0 Å². The Morgan fingerprint density at radius 2 is 1.77 bits per heavy atom. The number of ether oxygens (including phenoxy) is 2. The molecular weight excluding hydrogens is 310 g/mol. The van der Waals surface area contributed by atoms with Crippen molar-refractivity contribution in [3.8, 4) is 0 Å². The smallest absolute Gasteiger partial charge is 0.344 e. The summed E-state index contributed by atoms with van der Waals surface area (Å²) in [7, 11) is -3.54. The lowest BCUT2D eigenvalue weighted by Gasteiger charge is -2.19. The van der Waals surface area contributed by atoms with E-state index < -0.39 is 34.2 Å². The summed E-state index contributed by atoms with van der Waals surface area (Å²) >= 11 is 0. The molecule has 0 amide bonds. The number of hydrogen-bond donors (Lipinski definition) is 1. The Morgan fingerprint density at radius 1 is 1.18 bits per heavy atom. The predicted molar refractivity (Wildman–Crippen MR) is 81.0 cm³/mol. The van der Waals surface area contributed by atoms with Crippen LogP contribution in [-0.2, 0) is 24.3 Å². The molecule has 0 atom stereocenters. The second-order valence-electron chi connectivity index (χ2n) is 5.58. The molecule has 8 heteroatoms. The van der Waals surface area contributed by atoms with E-state index in [1.165, 1.54) is 12.1 Å². The third kappa shape index (κ3) is 6.57. The van der Waals surface area contributed by atoms with Crippen LogP contribution in [0.2, 0.25) is 0 Å². The second kappa shape index (κ2) is 6.78. The van der Waals surface area contributed by atoms with Crippen molar-refractivity contribution < 1.29 is 27.5 Å². The van der Waals surface area contributed by atoms with Gasteiger partial charge in [0, 0.05) is 0 Å². The van der Waals surface area contributed by atoms with Gasteiger partial charge in [-0.3, -0.25) is 4.72 Å². The molecule has 0 fully saturated rings. The van der Waals surface area contributed by atoms with Crippen molar-refractivity contribution in [3.05, 3.63) is 29.8 Å². The number of carbonyl (C=O) groups is 2. The van der Waals surface area contributed by atoms with Crippen LogP contribution in [0, 0.1) is 0 Å². The maximum Gasteiger partial charge on any atom is 0.344 e. The molecule has 0 aliphatic carbocycles. The van der Waals surface area contributed by atoms with E-state index in [-0.39, 0.29) is 11.3 Å². The first-order valence-corrected chi connectivity index (χ1v) is 8.33. The lowest BCUT2D eigenvalue weighted by Crippen LogP contribution is -2.27. The monoisotopic (exact) mass is 329 g/mol. The SMILES string of the molecule is CC(C)(C)OC(=O)COC(=O)c1ccccc1NS(C)(=O)=O. The van der Waals surface area contributed by atoms with Crippen molar-refractivity contribution in [2.45, 2.75) is 26.4 Å². The molecule has 0 aliphatic heterocycles. The van der Waals surface area contributed by atoms with Gasteiger partial charge >= 0.3 is 11.9 Å². The van der Waals surface area contributed by atoms with Crippen LogP contribution >= 0.6 is 0 Å². The predicted octanol–water partition coefficient (Wildman–Crippen LogP) is 1.56. The van der Waals surface area contributed by atoms with Crippen molar-refractivity contribution >= 4 is 27.6 Å². The zero-order valence-electron chi connectivity index (χ0n) is 12.9. The Labute approximate surface area is 129 Å². The third-order valence-electron chi connectivity index (χ3n) is 2.18. The van der Waals surface area contributed by atoms with Gasteiger partial charge in [-0.1, -0.05) is 12.1 Å². The van der Waals surface area contributed by atoms with Crippen LogP contribution in [0.3, 0.4) is 0 Å². The maximum absolute atomic E-state index is 12.0. The first kappa shape index (κ1) is 18.0. The van der Waals surface area contributed by atoms with E-state index >= 15 is 0 Å². The van der Waals surface area contributed by atoms with Gasteiger partial charge < -0.3 is 9.47 Å². The number of rotatable bonds is 5. The molecule has 1 aromatic rings. The highest BCUT2D eigenvalue weighted by molar-refractivity contribution is 7.92. The topological polar surface area (TPSA) is 98.8 Å². The van der Waals surface area contributed by atoms with Gasteiger partial charge in [0.25, 0.3) is 0 Å². The molecule has 0 unspecified atom stereocenters. The van der Waals surface area contributed by atoms with E-state index in [9.17, 15) is 18.0 Å². The summed E-state index contributed by atoms with van der Waals surface area (Å²) in [6.45, 7) is 4.53. The minimum atomic E-state index is -3.54. The molecule has 0 heterocycles. The van der Waals surface area contributed by atoms with Gasteiger partial charge in [0.15, 0.2) is 6.61 Å². The molecule has 122 valence electrons. The fraction of sp³-hybridized carbons (Fsp3) is 0.429. The number of esters is 2. The van der Waals surface area contributed by atoms with Crippen molar-refractivity contribution in [2.75, 3.05) is 17.6 Å². The highest BCUT2D eigenvalue weighted by atomic mass is 32.2. The number of benzene rings is 1. The number of anilines is 1. The van der Waals surface area contributed by atoms with Crippen LogP contribution in [0.15, 0.2) is 24.3 Å². The average molecular weight is 329 g/mol. The van der Waals surface area contributed by atoms with Crippen molar-refractivity contribution in [2.24, 2.45) is 0 Å². The molecule has 1 N–H and O–H groups in total. The summed E-state index contributed by atoms with van der Waals surface area (Å²) in [6.07, 6.45) is 0.968. The Balaban J connectivity index is 2.76. The molecule has 0 spiro atoms. The van der Waals surface area contributed by atoms with Crippen LogP contribution in [0.1, 0.15) is 31.1 Å². The Hall–Kier alpha value is -2.09. The lowest BCUT2D eigenvalue weighted by molar-refractivity contribution is -0.158. The average Bonchev–Trinajstić information content (AvgIpc) is 2.32. The number of hydrogen-bond acceptors (Lipinski definition) is 6. The molecule has 0 aliphatic rings. The van der Waals surface area contributed by atoms with Crippen molar-refractivity contribution in [1.82, 2.24) is 0 Å². The molecule has 0 saturated carbocycles. The van der Waals surface area contributed by atoms with Gasteiger partial charge in [0.1, 0.15) is 5.60 Å². The summed E-state index contributed by atoms with van der Waals surface area (Å²) in [4.78, 5) is 23.5.